The summed E-state index contributed by atoms with van der Waals surface area (Å²) < 4.78 is 4.98. The predicted octanol–water partition coefficient (Wildman–Crippen LogP) is 1.83. The molecule has 0 aromatic carbocycles. The van der Waals surface area contributed by atoms with Gasteiger partial charge in [-0.05, 0) is 25.9 Å². The zero-order valence-corrected chi connectivity index (χ0v) is 14.7. The summed E-state index contributed by atoms with van der Waals surface area (Å²) in [5.74, 6) is 0.514. The van der Waals surface area contributed by atoms with Crippen molar-refractivity contribution in [3.8, 4) is 0 Å². The van der Waals surface area contributed by atoms with Crippen LogP contribution >= 0.6 is 11.3 Å². The van der Waals surface area contributed by atoms with Crippen molar-refractivity contribution >= 4 is 11.3 Å². The molecule has 0 amide bonds. The van der Waals surface area contributed by atoms with Crippen molar-refractivity contribution in [1.29, 1.82) is 0 Å². The quantitative estimate of drug-likeness (QED) is 0.763. The summed E-state index contributed by atoms with van der Waals surface area (Å²) in [5.41, 5.74) is 1.16. The lowest BCUT2D eigenvalue weighted by Crippen LogP contribution is -2.45. The van der Waals surface area contributed by atoms with E-state index in [0.717, 1.165) is 38.2 Å². The smallest absolute Gasteiger partial charge is 0.0954 e. The van der Waals surface area contributed by atoms with E-state index >= 15 is 0 Å². The van der Waals surface area contributed by atoms with Crippen LogP contribution in [0.15, 0.2) is 5.38 Å². The highest BCUT2D eigenvalue weighted by Gasteiger charge is 2.20. The first-order chi connectivity index (χ1) is 10.6. The van der Waals surface area contributed by atoms with Gasteiger partial charge < -0.3 is 20.1 Å². The van der Waals surface area contributed by atoms with Crippen LogP contribution < -0.4 is 5.32 Å². The number of rotatable bonds is 8. The second-order valence-corrected chi connectivity index (χ2v) is 7.29. The highest BCUT2D eigenvalue weighted by molar-refractivity contribution is 7.09. The van der Waals surface area contributed by atoms with Crippen LogP contribution in [0.4, 0.5) is 0 Å². The van der Waals surface area contributed by atoms with Gasteiger partial charge in [0.15, 0.2) is 0 Å². The van der Waals surface area contributed by atoms with E-state index in [2.05, 4.69) is 34.4 Å². The van der Waals surface area contributed by atoms with E-state index in [-0.39, 0.29) is 6.10 Å². The normalized spacial score (nSPS) is 19.0. The van der Waals surface area contributed by atoms with E-state index in [0.29, 0.717) is 25.1 Å². The number of aromatic nitrogens is 1. The first-order valence-electron chi connectivity index (χ1n) is 8.15. The second kappa shape index (κ2) is 8.93. The summed E-state index contributed by atoms with van der Waals surface area (Å²) >= 11 is 1.76. The van der Waals surface area contributed by atoms with Gasteiger partial charge in [-0.1, -0.05) is 13.8 Å². The highest BCUT2D eigenvalue weighted by atomic mass is 32.1. The molecule has 2 N–H and O–H groups in total. The summed E-state index contributed by atoms with van der Waals surface area (Å²) in [6.45, 7) is 8.43. The van der Waals surface area contributed by atoms with E-state index in [1.807, 2.05) is 0 Å². The number of ether oxygens (including phenoxy) is 1. The lowest BCUT2D eigenvalue weighted by molar-refractivity contribution is 0.0310. The zero-order valence-electron chi connectivity index (χ0n) is 13.9. The Morgan fingerprint density at radius 1 is 1.45 bits per heavy atom. The topological polar surface area (TPSA) is 57.6 Å². The van der Waals surface area contributed by atoms with Crippen molar-refractivity contribution in [2.24, 2.45) is 0 Å². The largest absolute Gasteiger partial charge is 0.389 e. The molecule has 0 aliphatic carbocycles. The Balaban J connectivity index is 1.66. The molecule has 0 spiro atoms. The first-order valence-corrected chi connectivity index (χ1v) is 9.03. The average Bonchev–Trinajstić information content (AvgIpc) is 2.96. The minimum atomic E-state index is -0.376. The molecule has 22 heavy (non-hydrogen) atoms. The van der Waals surface area contributed by atoms with E-state index in [1.165, 1.54) is 5.01 Å². The summed E-state index contributed by atoms with van der Waals surface area (Å²) in [7, 11) is 1.63. The van der Waals surface area contributed by atoms with E-state index < -0.39 is 0 Å². The molecule has 1 unspecified atom stereocenters. The SMILES string of the molecule is COCC(O)CN1CCC(NCc2csc(C(C)C)n2)CC1. The summed E-state index contributed by atoms with van der Waals surface area (Å²) in [4.78, 5) is 6.99. The van der Waals surface area contributed by atoms with Crippen LogP contribution in [0, 0.1) is 0 Å². The van der Waals surface area contributed by atoms with Crippen molar-refractivity contribution < 1.29 is 9.84 Å². The lowest BCUT2D eigenvalue weighted by atomic mass is 10.0. The monoisotopic (exact) mass is 327 g/mol. The van der Waals surface area contributed by atoms with Crippen LogP contribution in [-0.4, -0.2) is 60.5 Å². The van der Waals surface area contributed by atoms with Crippen LogP contribution in [-0.2, 0) is 11.3 Å². The maximum atomic E-state index is 9.78. The minimum absolute atomic E-state index is 0.376. The third-order valence-corrected chi connectivity index (χ3v) is 5.24. The van der Waals surface area contributed by atoms with Crippen LogP contribution in [0.3, 0.4) is 0 Å². The van der Waals surface area contributed by atoms with Crippen molar-refractivity contribution in [3.63, 3.8) is 0 Å². The molecule has 126 valence electrons. The van der Waals surface area contributed by atoms with Gasteiger partial charge in [0.1, 0.15) is 0 Å². The van der Waals surface area contributed by atoms with Gasteiger partial charge >= 0.3 is 0 Å². The number of hydrogen-bond acceptors (Lipinski definition) is 6. The Bertz CT molecular complexity index is 431. The number of methoxy groups -OCH3 is 1. The molecule has 1 fully saturated rings. The van der Waals surface area contributed by atoms with E-state index in [9.17, 15) is 5.11 Å². The van der Waals surface area contributed by atoms with Gasteiger partial charge in [-0.3, -0.25) is 0 Å². The number of nitrogens with zero attached hydrogens (tertiary/aromatic N) is 2. The maximum absolute atomic E-state index is 9.78. The van der Waals surface area contributed by atoms with Gasteiger partial charge in [0.05, 0.1) is 23.4 Å². The minimum Gasteiger partial charge on any atom is -0.389 e. The molecule has 1 saturated heterocycles. The number of aliphatic hydroxyl groups excluding tert-OH is 1. The zero-order chi connectivity index (χ0) is 15.9. The molecule has 1 aliphatic rings. The number of aliphatic hydroxyl groups is 1. The molecule has 0 saturated carbocycles. The number of β-amino-alcohol motifs (C(OH)–C–C–N with tert-alkyl or cyclic N) is 1. The number of thiazole rings is 1. The molecular weight excluding hydrogens is 298 g/mol. The van der Waals surface area contributed by atoms with Crippen LogP contribution in [0.5, 0.6) is 0 Å². The van der Waals surface area contributed by atoms with Crippen molar-refractivity contribution in [2.75, 3.05) is 33.4 Å². The Kier molecular flexibility index (Phi) is 7.24. The molecule has 5 nitrogen and oxygen atoms in total. The number of nitrogens with one attached hydrogen (secondary N) is 1. The van der Waals surface area contributed by atoms with Gasteiger partial charge in [0.2, 0.25) is 0 Å². The van der Waals surface area contributed by atoms with Crippen LogP contribution in [0.25, 0.3) is 0 Å². The molecule has 6 heteroatoms. The number of piperidine rings is 1. The van der Waals surface area contributed by atoms with E-state index in [4.69, 9.17) is 4.74 Å². The molecule has 1 aromatic heterocycles. The highest BCUT2D eigenvalue weighted by Crippen LogP contribution is 2.19. The Morgan fingerprint density at radius 3 is 2.77 bits per heavy atom. The molecule has 2 heterocycles. The third-order valence-electron chi connectivity index (χ3n) is 4.05. The fourth-order valence-corrected chi connectivity index (χ4v) is 3.62. The summed E-state index contributed by atoms with van der Waals surface area (Å²) in [6.07, 6.45) is 1.88. The van der Waals surface area contributed by atoms with Gasteiger partial charge in [-0.2, -0.15) is 0 Å². The molecule has 0 radical (unpaired) electrons. The fraction of sp³-hybridized carbons (Fsp3) is 0.812. The molecular formula is C16H29N3O2S. The van der Waals surface area contributed by atoms with Gasteiger partial charge in [-0.15, -0.1) is 11.3 Å². The number of hydrogen-bond donors (Lipinski definition) is 2. The van der Waals surface area contributed by atoms with Crippen molar-refractivity contribution in [1.82, 2.24) is 15.2 Å². The van der Waals surface area contributed by atoms with E-state index in [1.54, 1.807) is 18.4 Å². The van der Waals surface area contributed by atoms with Gasteiger partial charge in [0.25, 0.3) is 0 Å². The Labute approximate surface area is 137 Å². The average molecular weight is 327 g/mol. The Morgan fingerprint density at radius 2 is 2.18 bits per heavy atom. The van der Waals surface area contributed by atoms with Crippen molar-refractivity contribution in [2.45, 2.75) is 51.3 Å². The fourth-order valence-electron chi connectivity index (χ4n) is 2.78. The first kappa shape index (κ1) is 17.8. The lowest BCUT2D eigenvalue weighted by Gasteiger charge is -2.33. The van der Waals surface area contributed by atoms with Crippen LogP contribution in [0.1, 0.15) is 43.3 Å². The van der Waals surface area contributed by atoms with Gasteiger partial charge in [-0.25, -0.2) is 4.98 Å². The molecule has 1 aromatic rings. The molecule has 1 atom stereocenters. The number of likely N-dealkylation sites (tertiary alicyclic amines) is 1. The standard InChI is InChI=1S/C16H29N3O2S/c1-12(2)16-18-14(11-22-16)8-17-13-4-6-19(7-5-13)9-15(20)10-21-3/h11-13,15,17,20H,4-10H2,1-3H3. The van der Waals surface area contributed by atoms with Crippen molar-refractivity contribution in [3.05, 3.63) is 16.1 Å². The van der Waals surface area contributed by atoms with Crippen LogP contribution in [0.2, 0.25) is 0 Å². The summed E-state index contributed by atoms with van der Waals surface area (Å²) in [6, 6.07) is 0.556. The predicted molar refractivity (Wildman–Crippen MR) is 90.4 cm³/mol. The second-order valence-electron chi connectivity index (χ2n) is 6.40. The third kappa shape index (κ3) is 5.59. The molecule has 2 rings (SSSR count). The summed E-state index contributed by atoms with van der Waals surface area (Å²) in [5, 5.41) is 16.8. The molecule has 0 bridgehead atoms. The van der Waals surface area contributed by atoms with Gasteiger partial charge in [0, 0.05) is 37.5 Å². The molecule has 1 aliphatic heterocycles. The Hall–Kier alpha value is -0.530. The maximum Gasteiger partial charge on any atom is 0.0954 e.